The van der Waals surface area contributed by atoms with Gasteiger partial charge in [-0.3, -0.25) is 4.90 Å². The van der Waals surface area contributed by atoms with Gasteiger partial charge in [0.15, 0.2) is 0 Å². The Balaban J connectivity index is 1.89. The lowest BCUT2D eigenvalue weighted by Crippen LogP contribution is -2.32. The zero-order chi connectivity index (χ0) is 13.8. The van der Waals surface area contributed by atoms with Gasteiger partial charge in [0.05, 0.1) is 6.54 Å². The van der Waals surface area contributed by atoms with E-state index in [9.17, 15) is 0 Å². The maximum atomic E-state index is 5.84. The topological polar surface area (TPSA) is 28.4 Å². The second-order valence-corrected chi connectivity index (χ2v) is 6.29. The predicted octanol–water partition coefficient (Wildman–Crippen LogP) is 3.32. The Hall–Kier alpha value is -0.800. The Morgan fingerprint density at radius 3 is 2.68 bits per heavy atom. The Labute approximate surface area is 117 Å². The molecule has 1 aromatic heterocycles. The van der Waals surface area contributed by atoms with Gasteiger partial charge in [0.25, 0.3) is 0 Å². The van der Waals surface area contributed by atoms with E-state index in [1.54, 1.807) is 0 Å². The Bertz CT molecular complexity index is 389. The maximum absolute atomic E-state index is 5.84. The second-order valence-electron chi connectivity index (χ2n) is 6.29. The highest BCUT2D eigenvalue weighted by molar-refractivity contribution is 5.20. The normalized spacial score (nSPS) is 18.4. The van der Waals surface area contributed by atoms with Crippen LogP contribution in [0.4, 0.5) is 0 Å². The molecule has 0 spiro atoms. The molecule has 3 nitrogen and oxygen atoms in total. The molecule has 0 saturated carbocycles. The molecular formula is C16H28N2O. The van der Waals surface area contributed by atoms with Gasteiger partial charge in [-0.05, 0) is 44.8 Å². The summed E-state index contributed by atoms with van der Waals surface area (Å²) in [7, 11) is 0. The molecule has 2 rings (SSSR count). The van der Waals surface area contributed by atoms with Gasteiger partial charge in [0.2, 0.25) is 0 Å². The summed E-state index contributed by atoms with van der Waals surface area (Å²) in [5.41, 5.74) is 1.36. The zero-order valence-electron chi connectivity index (χ0n) is 12.8. The molecule has 1 aromatic rings. The van der Waals surface area contributed by atoms with Crippen molar-refractivity contribution in [2.75, 3.05) is 13.1 Å². The molecule has 0 aromatic carbocycles. The molecule has 108 valence electrons. The number of nitrogens with one attached hydrogen (secondary N) is 1. The van der Waals surface area contributed by atoms with E-state index >= 15 is 0 Å². The van der Waals surface area contributed by atoms with Crippen LogP contribution in [0, 0.1) is 12.8 Å². The van der Waals surface area contributed by atoms with E-state index in [2.05, 4.69) is 44.0 Å². The van der Waals surface area contributed by atoms with Crippen LogP contribution in [-0.2, 0) is 13.1 Å². The molecule has 0 amide bonds. The molecule has 0 atom stereocenters. The van der Waals surface area contributed by atoms with Crippen molar-refractivity contribution >= 4 is 0 Å². The number of nitrogens with zero attached hydrogens (tertiary/aromatic N) is 1. The first-order valence-electron chi connectivity index (χ1n) is 7.58. The van der Waals surface area contributed by atoms with E-state index in [4.69, 9.17) is 4.42 Å². The number of likely N-dealkylation sites (tertiary alicyclic amines) is 1. The van der Waals surface area contributed by atoms with Crippen molar-refractivity contribution in [2.45, 2.75) is 59.7 Å². The Morgan fingerprint density at radius 2 is 2.05 bits per heavy atom. The smallest absolute Gasteiger partial charge is 0.118 e. The molecule has 0 aliphatic carbocycles. The quantitative estimate of drug-likeness (QED) is 0.884. The van der Waals surface area contributed by atoms with Gasteiger partial charge < -0.3 is 9.73 Å². The molecule has 1 aliphatic rings. The van der Waals surface area contributed by atoms with Crippen molar-refractivity contribution in [3.63, 3.8) is 0 Å². The van der Waals surface area contributed by atoms with Gasteiger partial charge in [-0.1, -0.05) is 20.8 Å². The molecule has 2 heterocycles. The van der Waals surface area contributed by atoms with Gasteiger partial charge in [-0.2, -0.15) is 0 Å². The fourth-order valence-electron chi connectivity index (χ4n) is 2.60. The van der Waals surface area contributed by atoms with Crippen LogP contribution < -0.4 is 5.32 Å². The van der Waals surface area contributed by atoms with Crippen LogP contribution in [0.15, 0.2) is 10.5 Å². The highest BCUT2D eigenvalue weighted by Gasteiger charge is 2.17. The summed E-state index contributed by atoms with van der Waals surface area (Å²) in [5, 5.41) is 3.40. The summed E-state index contributed by atoms with van der Waals surface area (Å²) < 4.78 is 5.84. The third-order valence-corrected chi connectivity index (χ3v) is 4.03. The lowest BCUT2D eigenvalue weighted by molar-refractivity contribution is 0.184. The van der Waals surface area contributed by atoms with Crippen LogP contribution in [0.1, 0.15) is 50.7 Å². The summed E-state index contributed by atoms with van der Waals surface area (Å²) in [4.78, 5) is 2.55. The minimum atomic E-state index is 0.498. The molecule has 1 saturated heterocycles. The van der Waals surface area contributed by atoms with Gasteiger partial charge in [0.1, 0.15) is 11.5 Å². The molecule has 19 heavy (non-hydrogen) atoms. The number of aryl methyl sites for hydroxylation is 1. The van der Waals surface area contributed by atoms with Gasteiger partial charge >= 0.3 is 0 Å². The molecule has 0 bridgehead atoms. The van der Waals surface area contributed by atoms with Crippen molar-refractivity contribution in [2.24, 2.45) is 5.92 Å². The largest absolute Gasteiger partial charge is 0.465 e. The SMILES string of the molecule is Cc1oc(CNC(C)C)cc1CN1CCC(C)CC1. The average Bonchev–Trinajstić information content (AvgIpc) is 2.71. The number of hydrogen-bond acceptors (Lipinski definition) is 3. The third-order valence-electron chi connectivity index (χ3n) is 4.03. The molecule has 1 N–H and O–H groups in total. The first kappa shape index (κ1) is 14.6. The van der Waals surface area contributed by atoms with Crippen molar-refractivity contribution in [3.8, 4) is 0 Å². The number of furan rings is 1. The van der Waals surface area contributed by atoms with Crippen LogP contribution in [0.25, 0.3) is 0 Å². The standard InChI is InChI=1S/C16H28N2O/c1-12(2)17-10-16-9-15(14(4)19-16)11-18-7-5-13(3)6-8-18/h9,12-13,17H,5-8,10-11H2,1-4H3. The van der Waals surface area contributed by atoms with E-state index in [0.717, 1.165) is 30.5 Å². The number of piperidine rings is 1. The minimum Gasteiger partial charge on any atom is -0.465 e. The number of hydrogen-bond donors (Lipinski definition) is 1. The molecule has 1 fully saturated rings. The minimum absolute atomic E-state index is 0.498. The van der Waals surface area contributed by atoms with Crippen molar-refractivity contribution in [3.05, 3.63) is 23.2 Å². The van der Waals surface area contributed by atoms with Crippen LogP contribution in [0.3, 0.4) is 0 Å². The summed E-state index contributed by atoms with van der Waals surface area (Å²) in [6.45, 7) is 13.1. The summed E-state index contributed by atoms with van der Waals surface area (Å²) >= 11 is 0. The monoisotopic (exact) mass is 264 g/mol. The Morgan fingerprint density at radius 1 is 1.37 bits per heavy atom. The lowest BCUT2D eigenvalue weighted by atomic mass is 9.99. The summed E-state index contributed by atoms with van der Waals surface area (Å²) in [5.74, 6) is 3.04. The van der Waals surface area contributed by atoms with Gasteiger partial charge in [-0.25, -0.2) is 0 Å². The molecule has 0 unspecified atom stereocenters. The molecule has 1 aliphatic heterocycles. The van der Waals surface area contributed by atoms with E-state index in [1.165, 1.54) is 31.5 Å². The van der Waals surface area contributed by atoms with Crippen LogP contribution >= 0.6 is 0 Å². The van der Waals surface area contributed by atoms with Gasteiger partial charge in [0, 0.05) is 18.2 Å². The van der Waals surface area contributed by atoms with Crippen LogP contribution in [-0.4, -0.2) is 24.0 Å². The highest BCUT2D eigenvalue weighted by atomic mass is 16.3. The predicted molar refractivity (Wildman–Crippen MR) is 79.1 cm³/mol. The molecule has 3 heteroatoms. The van der Waals surface area contributed by atoms with Crippen molar-refractivity contribution in [1.29, 1.82) is 0 Å². The summed E-state index contributed by atoms with van der Waals surface area (Å²) in [6, 6.07) is 2.72. The number of rotatable bonds is 5. The highest BCUT2D eigenvalue weighted by Crippen LogP contribution is 2.21. The van der Waals surface area contributed by atoms with E-state index < -0.39 is 0 Å². The first-order valence-corrected chi connectivity index (χ1v) is 7.58. The van der Waals surface area contributed by atoms with Crippen molar-refractivity contribution in [1.82, 2.24) is 10.2 Å². The fraction of sp³-hybridized carbons (Fsp3) is 0.750. The van der Waals surface area contributed by atoms with E-state index in [1.807, 2.05) is 0 Å². The lowest BCUT2D eigenvalue weighted by Gasteiger charge is -2.29. The van der Waals surface area contributed by atoms with E-state index in [-0.39, 0.29) is 0 Å². The molecular weight excluding hydrogens is 236 g/mol. The van der Waals surface area contributed by atoms with Crippen molar-refractivity contribution < 1.29 is 4.42 Å². The average molecular weight is 264 g/mol. The van der Waals surface area contributed by atoms with Gasteiger partial charge in [-0.15, -0.1) is 0 Å². The maximum Gasteiger partial charge on any atom is 0.118 e. The zero-order valence-corrected chi connectivity index (χ0v) is 12.8. The fourth-order valence-corrected chi connectivity index (χ4v) is 2.60. The summed E-state index contributed by atoms with van der Waals surface area (Å²) in [6.07, 6.45) is 2.66. The third kappa shape index (κ3) is 4.36. The van der Waals surface area contributed by atoms with Crippen LogP contribution in [0.2, 0.25) is 0 Å². The van der Waals surface area contributed by atoms with Crippen LogP contribution in [0.5, 0.6) is 0 Å². The second kappa shape index (κ2) is 6.58. The van der Waals surface area contributed by atoms with E-state index in [0.29, 0.717) is 6.04 Å². The first-order chi connectivity index (χ1) is 9.04. The molecule has 0 radical (unpaired) electrons. The Kier molecular flexibility index (Phi) is 5.06.